The van der Waals surface area contributed by atoms with Crippen molar-refractivity contribution in [2.75, 3.05) is 19.7 Å². The van der Waals surface area contributed by atoms with E-state index >= 15 is 0 Å². The molecule has 1 saturated heterocycles. The number of amides is 1. The summed E-state index contributed by atoms with van der Waals surface area (Å²) in [4.78, 5) is 14.6. The Labute approximate surface area is 166 Å². The molecule has 0 saturated carbocycles. The Morgan fingerprint density at radius 2 is 2.00 bits per heavy atom. The minimum atomic E-state index is -0.302. The second kappa shape index (κ2) is 9.85. The number of hydrogen-bond donors (Lipinski definition) is 2. The molecule has 0 bridgehead atoms. The molecule has 1 aromatic heterocycles. The first-order chi connectivity index (χ1) is 13.5. The van der Waals surface area contributed by atoms with Gasteiger partial charge in [0.15, 0.2) is 11.5 Å². The Kier molecular flexibility index (Phi) is 7.23. The van der Waals surface area contributed by atoms with E-state index in [4.69, 9.17) is 4.52 Å². The number of benzene rings is 1. The molecule has 1 aliphatic rings. The van der Waals surface area contributed by atoms with Crippen LogP contribution in [0.25, 0.3) is 0 Å². The standard InChI is InChI=1S/C22H31N3O3/c1-16(2)21(15-26)23-22(27)20-13-19(28-24-20)14-25-10-8-18(9-11-25)12-17-6-4-3-5-7-17/h3-7,13,16,18,21,26H,8-12,14-15H2,1-2H3,(H,23,27)/t21-/m0/s1. The van der Waals surface area contributed by atoms with Gasteiger partial charge in [0.25, 0.3) is 5.91 Å². The molecule has 0 spiro atoms. The van der Waals surface area contributed by atoms with E-state index < -0.39 is 0 Å². The van der Waals surface area contributed by atoms with Gasteiger partial charge in [-0.05, 0) is 49.8 Å². The van der Waals surface area contributed by atoms with Crippen LogP contribution in [0.3, 0.4) is 0 Å². The van der Waals surface area contributed by atoms with Crippen molar-refractivity contribution >= 4 is 5.91 Å². The fraction of sp³-hybridized carbons (Fsp3) is 0.545. The Balaban J connectivity index is 1.46. The first kappa shape index (κ1) is 20.6. The van der Waals surface area contributed by atoms with Crippen molar-refractivity contribution in [1.29, 1.82) is 0 Å². The SMILES string of the molecule is CC(C)[C@H](CO)NC(=O)c1cc(CN2CCC(Cc3ccccc3)CC2)on1. The maximum Gasteiger partial charge on any atom is 0.273 e. The molecular weight excluding hydrogens is 354 g/mol. The number of likely N-dealkylation sites (tertiary alicyclic amines) is 1. The molecule has 0 unspecified atom stereocenters. The Bertz CT molecular complexity index is 736. The monoisotopic (exact) mass is 385 g/mol. The van der Waals surface area contributed by atoms with Crippen LogP contribution in [-0.4, -0.2) is 46.8 Å². The minimum Gasteiger partial charge on any atom is -0.394 e. The van der Waals surface area contributed by atoms with Gasteiger partial charge in [0.1, 0.15) is 0 Å². The van der Waals surface area contributed by atoms with Crippen LogP contribution in [0, 0.1) is 11.8 Å². The van der Waals surface area contributed by atoms with Crippen LogP contribution in [0.1, 0.15) is 48.5 Å². The van der Waals surface area contributed by atoms with Gasteiger partial charge in [-0.25, -0.2) is 0 Å². The van der Waals surface area contributed by atoms with Crippen LogP contribution in [-0.2, 0) is 13.0 Å². The summed E-state index contributed by atoms with van der Waals surface area (Å²) < 4.78 is 5.37. The first-order valence-electron chi connectivity index (χ1n) is 10.2. The molecule has 2 heterocycles. The topological polar surface area (TPSA) is 78.6 Å². The van der Waals surface area contributed by atoms with E-state index in [1.165, 1.54) is 18.4 Å². The van der Waals surface area contributed by atoms with Crippen LogP contribution in [0.15, 0.2) is 40.9 Å². The van der Waals surface area contributed by atoms with E-state index in [0.29, 0.717) is 12.3 Å². The van der Waals surface area contributed by atoms with Gasteiger partial charge >= 0.3 is 0 Å². The minimum absolute atomic E-state index is 0.0912. The number of piperidine rings is 1. The highest BCUT2D eigenvalue weighted by Crippen LogP contribution is 2.23. The number of carbonyl (C=O) groups is 1. The number of aromatic nitrogens is 1. The lowest BCUT2D eigenvalue weighted by Gasteiger charge is -2.31. The van der Waals surface area contributed by atoms with E-state index in [2.05, 4.69) is 45.7 Å². The maximum absolute atomic E-state index is 12.3. The molecule has 152 valence electrons. The van der Waals surface area contributed by atoms with Gasteiger partial charge in [-0.15, -0.1) is 0 Å². The van der Waals surface area contributed by atoms with Crippen molar-refractivity contribution in [2.45, 2.75) is 45.7 Å². The van der Waals surface area contributed by atoms with Gasteiger partial charge in [0, 0.05) is 6.07 Å². The molecule has 28 heavy (non-hydrogen) atoms. The van der Waals surface area contributed by atoms with Gasteiger partial charge in [0.05, 0.1) is 19.2 Å². The van der Waals surface area contributed by atoms with Gasteiger partial charge in [-0.2, -0.15) is 0 Å². The molecule has 6 heteroatoms. The Morgan fingerprint density at radius 1 is 1.29 bits per heavy atom. The van der Waals surface area contributed by atoms with Gasteiger partial charge in [0.2, 0.25) is 0 Å². The van der Waals surface area contributed by atoms with Gasteiger partial charge in [-0.3, -0.25) is 9.69 Å². The van der Waals surface area contributed by atoms with Crippen LogP contribution in [0.2, 0.25) is 0 Å². The van der Waals surface area contributed by atoms with Crippen LogP contribution >= 0.6 is 0 Å². The van der Waals surface area contributed by atoms with Gasteiger partial charge in [-0.1, -0.05) is 49.3 Å². The molecule has 0 radical (unpaired) electrons. The summed E-state index contributed by atoms with van der Waals surface area (Å²) in [5.41, 5.74) is 1.68. The lowest BCUT2D eigenvalue weighted by molar-refractivity contribution is 0.0887. The smallest absolute Gasteiger partial charge is 0.273 e. The van der Waals surface area contributed by atoms with E-state index in [1.54, 1.807) is 6.07 Å². The molecule has 1 fully saturated rings. The predicted molar refractivity (Wildman–Crippen MR) is 108 cm³/mol. The highest BCUT2D eigenvalue weighted by atomic mass is 16.5. The van der Waals surface area contributed by atoms with E-state index in [0.717, 1.165) is 25.4 Å². The van der Waals surface area contributed by atoms with Gasteiger partial charge < -0.3 is 14.9 Å². The quantitative estimate of drug-likeness (QED) is 0.731. The Morgan fingerprint density at radius 3 is 2.64 bits per heavy atom. The van der Waals surface area contributed by atoms with Crippen LogP contribution in [0.5, 0.6) is 0 Å². The summed E-state index contributed by atoms with van der Waals surface area (Å²) in [5.74, 6) is 1.28. The summed E-state index contributed by atoms with van der Waals surface area (Å²) in [6.45, 7) is 6.55. The lowest BCUT2D eigenvalue weighted by Crippen LogP contribution is -2.41. The van der Waals surface area contributed by atoms with Crippen molar-refractivity contribution in [1.82, 2.24) is 15.4 Å². The highest BCUT2D eigenvalue weighted by molar-refractivity contribution is 5.92. The first-order valence-corrected chi connectivity index (χ1v) is 10.2. The van der Waals surface area contributed by atoms with E-state index in [1.807, 2.05) is 13.8 Å². The third-order valence-electron chi connectivity index (χ3n) is 5.56. The molecular formula is C22H31N3O3. The molecule has 6 nitrogen and oxygen atoms in total. The molecule has 1 aliphatic heterocycles. The zero-order valence-corrected chi connectivity index (χ0v) is 16.8. The van der Waals surface area contributed by atoms with Crippen molar-refractivity contribution in [3.05, 3.63) is 53.4 Å². The largest absolute Gasteiger partial charge is 0.394 e. The number of nitrogens with zero attached hydrogens (tertiary/aromatic N) is 2. The summed E-state index contributed by atoms with van der Waals surface area (Å²) >= 11 is 0. The van der Waals surface area contributed by atoms with Crippen molar-refractivity contribution in [2.24, 2.45) is 11.8 Å². The van der Waals surface area contributed by atoms with E-state index in [9.17, 15) is 9.90 Å². The van der Waals surface area contributed by atoms with Crippen LogP contribution < -0.4 is 5.32 Å². The maximum atomic E-state index is 12.3. The fourth-order valence-electron chi connectivity index (χ4n) is 3.68. The fourth-order valence-corrected chi connectivity index (χ4v) is 3.68. The predicted octanol–water partition coefficient (Wildman–Crippen LogP) is 2.88. The van der Waals surface area contributed by atoms with E-state index in [-0.39, 0.29) is 30.2 Å². The van der Waals surface area contributed by atoms with Crippen molar-refractivity contribution in [3.63, 3.8) is 0 Å². The number of rotatable bonds is 8. The zero-order chi connectivity index (χ0) is 19.9. The number of hydrogen-bond acceptors (Lipinski definition) is 5. The number of aliphatic hydroxyl groups excluding tert-OH is 1. The lowest BCUT2D eigenvalue weighted by atomic mass is 9.90. The average Bonchev–Trinajstić information content (AvgIpc) is 3.16. The summed E-state index contributed by atoms with van der Waals surface area (Å²) in [6.07, 6.45) is 3.48. The zero-order valence-electron chi connectivity index (χ0n) is 16.8. The molecule has 1 amide bonds. The number of carbonyl (C=O) groups excluding carboxylic acids is 1. The second-order valence-corrected chi connectivity index (χ2v) is 8.09. The molecule has 0 aliphatic carbocycles. The molecule has 2 N–H and O–H groups in total. The molecule has 3 rings (SSSR count). The second-order valence-electron chi connectivity index (χ2n) is 8.09. The molecule has 1 atom stereocenters. The van der Waals surface area contributed by atoms with Crippen molar-refractivity contribution < 1.29 is 14.4 Å². The summed E-state index contributed by atoms with van der Waals surface area (Å²) in [7, 11) is 0. The normalized spacial score (nSPS) is 17.0. The number of aliphatic hydroxyl groups is 1. The Hall–Kier alpha value is -2.18. The number of nitrogens with one attached hydrogen (secondary N) is 1. The van der Waals surface area contributed by atoms with Crippen molar-refractivity contribution in [3.8, 4) is 0 Å². The molecule has 1 aromatic carbocycles. The summed E-state index contributed by atoms with van der Waals surface area (Å²) in [5, 5.41) is 16.1. The highest BCUT2D eigenvalue weighted by Gasteiger charge is 2.22. The van der Waals surface area contributed by atoms with Crippen LogP contribution in [0.4, 0.5) is 0 Å². The average molecular weight is 386 g/mol. The third kappa shape index (κ3) is 5.66. The third-order valence-corrected chi connectivity index (χ3v) is 5.56. The summed E-state index contributed by atoms with van der Waals surface area (Å²) in [6, 6.07) is 12.1. The molecule has 2 aromatic rings.